The zero-order valence-electron chi connectivity index (χ0n) is 20.3. The van der Waals surface area contributed by atoms with Crippen LogP contribution in [0.2, 0.25) is 0 Å². The van der Waals surface area contributed by atoms with Gasteiger partial charge < -0.3 is 23.9 Å². The van der Waals surface area contributed by atoms with Gasteiger partial charge in [-0.15, -0.1) is 0 Å². The number of rotatable bonds is 6. The molecule has 2 aliphatic heterocycles. The van der Waals surface area contributed by atoms with Crippen molar-refractivity contribution in [3.05, 3.63) is 41.7 Å². The van der Waals surface area contributed by atoms with Crippen molar-refractivity contribution in [3.63, 3.8) is 0 Å². The summed E-state index contributed by atoms with van der Waals surface area (Å²) in [7, 11) is 0. The van der Waals surface area contributed by atoms with E-state index >= 15 is 0 Å². The number of fused-ring (bicyclic) bond motifs is 1. The van der Waals surface area contributed by atoms with E-state index in [-0.39, 0.29) is 17.6 Å². The summed E-state index contributed by atoms with van der Waals surface area (Å²) in [5.41, 5.74) is 2.72. The molecule has 0 spiro atoms. The molecule has 0 aromatic carbocycles. The van der Waals surface area contributed by atoms with E-state index in [4.69, 9.17) is 9.15 Å². The first-order valence-corrected chi connectivity index (χ1v) is 12.0. The van der Waals surface area contributed by atoms with Crippen LogP contribution in [0.4, 0.5) is 11.8 Å². The van der Waals surface area contributed by atoms with Crippen molar-refractivity contribution in [1.82, 2.24) is 19.9 Å². The molecular weight excluding hydrogens is 432 g/mol. The number of carbonyl (C=O) groups excluding carboxylic acids is 1. The van der Waals surface area contributed by atoms with Crippen LogP contribution in [0.1, 0.15) is 43.2 Å². The molecule has 0 saturated carbocycles. The van der Waals surface area contributed by atoms with Crippen LogP contribution < -0.4 is 9.80 Å². The Hall–Kier alpha value is -3.20. The van der Waals surface area contributed by atoms with Gasteiger partial charge in [0.15, 0.2) is 5.58 Å². The third-order valence-corrected chi connectivity index (χ3v) is 6.72. The Morgan fingerprint density at radius 2 is 1.85 bits per heavy atom. The topological polar surface area (TPSA) is 87.8 Å². The van der Waals surface area contributed by atoms with E-state index in [1.54, 1.807) is 6.20 Å². The average molecular weight is 465 g/mol. The number of piperazine rings is 1. The molecule has 2 fully saturated rings. The van der Waals surface area contributed by atoms with Gasteiger partial charge in [0.25, 0.3) is 11.9 Å². The summed E-state index contributed by atoms with van der Waals surface area (Å²) >= 11 is 0. The number of hydrogen-bond donors (Lipinski definition) is 0. The Morgan fingerprint density at radius 1 is 1.09 bits per heavy atom. The van der Waals surface area contributed by atoms with Crippen LogP contribution in [0.5, 0.6) is 0 Å². The van der Waals surface area contributed by atoms with E-state index in [2.05, 4.69) is 45.5 Å². The van der Waals surface area contributed by atoms with Gasteiger partial charge in [-0.2, -0.15) is 4.98 Å². The SMILES string of the molecule is CCC(C)(C)OC1CN(c2ccc(C(=O)N3CCN(c4nc5nc(C)ccc5o4)CC3)cn2)C1. The number of aryl methyl sites for hydroxylation is 1. The number of ether oxygens (including phenoxy) is 1. The Kier molecular flexibility index (Phi) is 5.89. The summed E-state index contributed by atoms with van der Waals surface area (Å²) in [6.07, 6.45) is 2.90. The number of amides is 1. The minimum atomic E-state index is -0.0963. The van der Waals surface area contributed by atoms with Gasteiger partial charge in [0.2, 0.25) is 5.65 Å². The standard InChI is InChI=1S/C25H32N6O3/c1-5-25(3,4)34-19-15-31(16-19)21-9-7-18(14-26-21)23(32)29-10-12-30(13-11-29)24-28-22-20(33-24)8-6-17(2)27-22/h6-9,14,19H,5,10-13,15-16H2,1-4H3. The number of pyridine rings is 2. The number of aromatic nitrogens is 3. The molecule has 3 aromatic heterocycles. The van der Waals surface area contributed by atoms with Gasteiger partial charge in [-0.05, 0) is 51.5 Å². The van der Waals surface area contributed by atoms with E-state index in [9.17, 15) is 4.79 Å². The minimum Gasteiger partial charge on any atom is -0.422 e. The molecule has 0 N–H and O–H groups in total. The molecule has 0 unspecified atom stereocenters. The lowest BCUT2D eigenvalue weighted by molar-refractivity contribution is -0.0832. The van der Waals surface area contributed by atoms with E-state index in [1.165, 1.54) is 0 Å². The quantitative estimate of drug-likeness (QED) is 0.549. The van der Waals surface area contributed by atoms with E-state index in [1.807, 2.05) is 36.1 Å². The van der Waals surface area contributed by atoms with Crippen LogP contribution in [-0.2, 0) is 4.74 Å². The number of carbonyl (C=O) groups is 1. The molecule has 5 rings (SSSR count). The van der Waals surface area contributed by atoms with Gasteiger partial charge in [-0.25, -0.2) is 9.97 Å². The van der Waals surface area contributed by atoms with Crippen molar-refractivity contribution in [2.24, 2.45) is 0 Å². The van der Waals surface area contributed by atoms with Gasteiger partial charge >= 0.3 is 0 Å². The van der Waals surface area contributed by atoms with Crippen molar-refractivity contribution in [1.29, 1.82) is 0 Å². The normalized spacial score (nSPS) is 17.4. The molecule has 2 aliphatic rings. The molecule has 0 radical (unpaired) electrons. The largest absolute Gasteiger partial charge is 0.422 e. The summed E-state index contributed by atoms with van der Waals surface area (Å²) in [4.78, 5) is 32.6. The van der Waals surface area contributed by atoms with E-state index < -0.39 is 0 Å². The third-order valence-electron chi connectivity index (χ3n) is 6.72. The van der Waals surface area contributed by atoms with Gasteiger partial charge in [0.05, 0.1) is 17.3 Å². The number of hydrogen-bond acceptors (Lipinski definition) is 8. The highest BCUT2D eigenvalue weighted by molar-refractivity contribution is 5.94. The lowest BCUT2D eigenvalue weighted by atomic mass is 10.0. The van der Waals surface area contributed by atoms with Crippen molar-refractivity contribution in [3.8, 4) is 0 Å². The summed E-state index contributed by atoms with van der Waals surface area (Å²) in [6, 6.07) is 8.16. The molecule has 5 heterocycles. The zero-order valence-corrected chi connectivity index (χ0v) is 20.3. The third kappa shape index (κ3) is 4.57. The Balaban J connectivity index is 1.14. The monoisotopic (exact) mass is 464 g/mol. The van der Waals surface area contributed by atoms with Crippen LogP contribution in [0.15, 0.2) is 34.9 Å². The van der Waals surface area contributed by atoms with Crippen molar-refractivity contribution >= 4 is 29.0 Å². The number of oxazole rings is 1. The fourth-order valence-electron chi connectivity index (χ4n) is 4.25. The second kappa shape index (κ2) is 8.87. The predicted molar refractivity (Wildman–Crippen MR) is 130 cm³/mol. The lowest BCUT2D eigenvalue weighted by Crippen LogP contribution is -2.55. The highest BCUT2D eigenvalue weighted by Gasteiger charge is 2.33. The van der Waals surface area contributed by atoms with Gasteiger partial charge in [-0.1, -0.05) is 6.92 Å². The first-order valence-electron chi connectivity index (χ1n) is 12.0. The zero-order chi connectivity index (χ0) is 23.9. The van der Waals surface area contributed by atoms with Gasteiger partial charge in [0.1, 0.15) is 5.82 Å². The molecule has 1 amide bonds. The summed E-state index contributed by atoms with van der Waals surface area (Å²) < 4.78 is 12.0. The van der Waals surface area contributed by atoms with Crippen LogP contribution in [0.3, 0.4) is 0 Å². The molecule has 0 bridgehead atoms. The maximum absolute atomic E-state index is 13.0. The number of anilines is 2. The molecule has 3 aromatic rings. The van der Waals surface area contributed by atoms with E-state index in [0.29, 0.717) is 49.0 Å². The predicted octanol–water partition coefficient (Wildman–Crippen LogP) is 3.28. The highest BCUT2D eigenvalue weighted by Crippen LogP contribution is 2.26. The summed E-state index contributed by atoms with van der Waals surface area (Å²) in [5, 5.41) is 0. The molecule has 0 atom stereocenters. The second-order valence-corrected chi connectivity index (χ2v) is 9.71. The molecule has 0 aliphatic carbocycles. The van der Waals surface area contributed by atoms with Crippen LogP contribution in [-0.4, -0.2) is 76.7 Å². The van der Waals surface area contributed by atoms with Crippen LogP contribution in [0, 0.1) is 6.92 Å². The second-order valence-electron chi connectivity index (χ2n) is 9.71. The van der Waals surface area contributed by atoms with Crippen molar-refractivity contribution in [2.45, 2.75) is 45.8 Å². The van der Waals surface area contributed by atoms with Crippen molar-refractivity contribution in [2.75, 3.05) is 49.1 Å². The molecule has 180 valence electrons. The Morgan fingerprint density at radius 3 is 2.53 bits per heavy atom. The number of nitrogens with zero attached hydrogens (tertiary/aromatic N) is 6. The smallest absolute Gasteiger partial charge is 0.300 e. The summed E-state index contributed by atoms with van der Waals surface area (Å²) in [6.45, 7) is 12.5. The maximum Gasteiger partial charge on any atom is 0.300 e. The maximum atomic E-state index is 13.0. The van der Waals surface area contributed by atoms with Gasteiger partial charge in [0, 0.05) is 51.2 Å². The molecular formula is C25H32N6O3. The molecule has 9 heteroatoms. The lowest BCUT2D eigenvalue weighted by Gasteiger charge is -2.43. The van der Waals surface area contributed by atoms with Crippen LogP contribution >= 0.6 is 0 Å². The molecule has 9 nitrogen and oxygen atoms in total. The van der Waals surface area contributed by atoms with Crippen LogP contribution in [0.25, 0.3) is 11.2 Å². The Labute approximate surface area is 199 Å². The first-order chi connectivity index (χ1) is 16.3. The fourth-order valence-corrected chi connectivity index (χ4v) is 4.25. The summed E-state index contributed by atoms with van der Waals surface area (Å²) in [5.74, 6) is 0.887. The minimum absolute atomic E-state index is 0.00284. The molecule has 2 saturated heterocycles. The van der Waals surface area contributed by atoms with Crippen molar-refractivity contribution < 1.29 is 13.9 Å². The van der Waals surface area contributed by atoms with Gasteiger partial charge in [-0.3, -0.25) is 4.79 Å². The first kappa shape index (κ1) is 22.6. The fraction of sp³-hybridized carbons (Fsp3) is 0.520. The Bertz CT molecular complexity index is 1160. The highest BCUT2D eigenvalue weighted by atomic mass is 16.5. The molecule has 34 heavy (non-hydrogen) atoms. The van der Waals surface area contributed by atoms with E-state index in [0.717, 1.165) is 31.0 Å². The average Bonchev–Trinajstić information content (AvgIpc) is 3.24.